The first-order valence-electron chi connectivity index (χ1n) is 5.03. The number of aliphatic hydroxyl groups is 1. The molecule has 1 fully saturated rings. The molecule has 1 atom stereocenters. The fourth-order valence-electron chi connectivity index (χ4n) is 1.87. The Balaban J connectivity index is 2.02. The van der Waals surface area contributed by atoms with Crippen LogP contribution in [0.3, 0.4) is 0 Å². The summed E-state index contributed by atoms with van der Waals surface area (Å²) in [5.41, 5.74) is 0. The Morgan fingerprint density at radius 3 is 3.21 bits per heavy atom. The number of hydrogen-bond acceptors (Lipinski definition) is 4. The molecule has 1 unspecified atom stereocenters. The van der Waals surface area contributed by atoms with Crippen LogP contribution in [0.5, 0.6) is 0 Å². The van der Waals surface area contributed by atoms with Gasteiger partial charge < -0.3 is 14.4 Å². The lowest BCUT2D eigenvalue weighted by molar-refractivity contribution is 0.284. The topological polar surface area (TPSA) is 49.5 Å². The van der Waals surface area contributed by atoms with Crippen LogP contribution in [0.15, 0.2) is 10.6 Å². The van der Waals surface area contributed by atoms with E-state index < -0.39 is 0 Å². The van der Waals surface area contributed by atoms with Crippen molar-refractivity contribution in [3.63, 3.8) is 0 Å². The van der Waals surface area contributed by atoms with Gasteiger partial charge in [-0.05, 0) is 20.0 Å². The van der Waals surface area contributed by atoms with Crippen LogP contribution in [-0.2, 0) is 6.42 Å². The molecule has 2 heterocycles. The molecular weight excluding hydrogens is 180 g/mol. The average Bonchev–Trinajstić information content (AvgIpc) is 2.74. The molecule has 2 rings (SSSR count). The van der Waals surface area contributed by atoms with Gasteiger partial charge in [-0.15, -0.1) is 0 Å². The van der Waals surface area contributed by atoms with E-state index in [2.05, 4.69) is 16.9 Å². The molecule has 1 saturated heterocycles. The summed E-state index contributed by atoms with van der Waals surface area (Å²) in [5.74, 6) is 2.06. The van der Waals surface area contributed by atoms with E-state index in [0.717, 1.165) is 31.2 Å². The van der Waals surface area contributed by atoms with E-state index in [0.29, 0.717) is 12.3 Å². The minimum absolute atomic E-state index is 0.124. The summed E-state index contributed by atoms with van der Waals surface area (Å²) in [6, 6.07) is 0. The summed E-state index contributed by atoms with van der Waals surface area (Å²) in [6.45, 7) is 2.26. The van der Waals surface area contributed by atoms with E-state index >= 15 is 0 Å². The summed E-state index contributed by atoms with van der Waals surface area (Å²) in [4.78, 5) is 6.53. The molecule has 14 heavy (non-hydrogen) atoms. The molecule has 0 saturated carbocycles. The second-order valence-corrected chi connectivity index (χ2v) is 3.89. The van der Waals surface area contributed by atoms with Crippen LogP contribution in [-0.4, -0.2) is 41.7 Å². The first-order valence-corrected chi connectivity index (χ1v) is 5.03. The number of likely N-dealkylation sites (N-methyl/N-ethyl adjacent to an activating group) is 1. The Morgan fingerprint density at radius 2 is 2.57 bits per heavy atom. The molecule has 1 aliphatic heterocycles. The van der Waals surface area contributed by atoms with Crippen LogP contribution < -0.4 is 0 Å². The zero-order valence-electron chi connectivity index (χ0n) is 8.44. The molecular formula is C10H16N2O2. The highest BCUT2D eigenvalue weighted by atomic mass is 16.4. The SMILES string of the molecule is CN1CCC(c2ncc(CCO)o2)C1. The number of likely N-dealkylation sites (tertiary alicyclic amines) is 1. The third kappa shape index (κ3) is 1.96. The van der Waals surface area contributed by atoms with E-state index in [1.54, 1.807) is 6.20 Å². The molecule has 1 aromatic rings. The van der Waals surface area contributed by atoms with Crippen molar-refractivity contribution in [2.45, 2.75) is 18.8 Å². The van der Waals surface area contributed by atoms with Crippen molar-refractivity contribution in [2.75, 3.05) is 26.7 Å². The first kappa shape index (κ1) is 9.68. The van der Waals surface area contributed by atoms with Gasteiger partial charge in [0.1, 0.15) is 5.76 Å². The molecule has 0 bridgehead atoms. The number of rotatable bonds is 3. The number of aliphatic hydroxyl groups excluding tert-OH is 1. The molecule has 0 spiro atoms. The Morgan fingerprint density at radius 1 is 1.71 bits per heavy atom. The van der Waals surface area contributed by atoms with Crippen molar-refractivity contribution in [1.29, 1.82) is 0 Å². The van der Waals surface area contributed by atoms with Crippen LogP contribution in [0, 0.1) is 0 Å². The molecule has 4 heteroatoms. The predicted molar refractivity (Wildman–Crippen MR) is 52.1 cm³/mol. The van der Waals surface area contributed by atoms with Crippen molar-refractivity contribution in [1.82, 2.24) is 9.88 Å². The minimum Gasteiger partial charge on any atom is -0.445 e. The molecule has 4 nitrogen and oxygen atoms in total. The van der Waals surface area contributed by atoms with E-state index in [1.165, 1.54) is 0 Å². The monoisotopic (exact) mass is 196 g/mol. The summed E-state index contributed by atoms with van der Waals surface area (Å²) in [6.07, 6.45) is 3.41. The molecule has 0 aliphatic carbocycles. The average molecular weight is 196 g/mol. The van der Waals surface area contributed by atoms with Gasteiger partial charge >= 0.3 is 0 Å². The molecule has 1 N–H and O–H groups in total. The lowest BCUT2D eigenvalue weighted by atomic mass is 10.1. The van der Waals surface area contributed by atoms with Gasteiger partial charge in [-0.2, -0.15) is 0 Å². The Hall–Kier alpha value is -0.870. The summed E-state index contributed by atoms with van der Waals surface area (Å²) in [5, 5.41) is 8.74. The third-order valence-electron chi connectivity index (χ3n) is 2.67. The highest BCUT2D eigenvalue weighted by Gasteiger charge is 2.24. The van der Waals surface area contributed by atoms with Gasteiger partial charge in [0.25, 0.3) is 0 Å². The smallest absolute Gasteiger partial charge is 0.198 e. The lowest BCUT2D eigenvalue weighted by Gasteiger charge is -2.05. The summed E-state index contributed by atoms with van der Waals surface area (Å²) >= 11 is 0. The quantitative estimate of drug-likeness (QED) is 0.770. The van der Waals surface area contributed by atoms with Crippen LogP contribution in [0.2, 0.25) is 0 Å². The number of hydrogen-bond donors (Lipinski definition) is 1. The van der Waals surface area contributed by atoms with Gasteiger partial charge in [0.15, 0.2) is 5.89 Å². The van der Waals surface area contributed by atoms with Crippen molar-refractivity contribution in [3.8, 4) is 0 Å². The fraction of sp³-hybridized carbons (Fsp3) is 0.700. The maximum Gasteiger partial charge on any atom is 0.198 e. The summed E-state index contributed by atoms with van der Waals surface area (Å²) < 4.78 is 5.56. The van der Waals surface area contributed by atoms with E-state index in [-0.39, 0.29) is 6.61 Å². The Bertz CT molecular complexity index is 298. The molecule has 0 aromatic carbocycles. The fourth-order valence-corrected chi connectivity index (χ4v) is 1.87. The van der Waals surface area contributed by atoms with Gasteiger partial charge in [-0.1, -0.05) is 0 Å². The van der Waals surface area contributed by atoms with Crippen LogP contribution >= 0.6 is 0 Å². The second-order valence-electron chi connectivity index (χ2n) is 3.89. The van der Waals surface area contributed by atoms with Gasteiger partial charge in [0.05, 0.1) is 12.8 Å². The van der Waals surface area contributed by atoms with E-state index in [4.69, 9.17) is 9.52 Å². The highest BCUT2D eigenvalue weighted by molar-refractivity contribution is 5.02. The van der Waals surface area contributed by atoms with Gasteiger partial charge in [-0.25, -0.2) is 4.98 Å². The van der Waals surface area contributed by atoms with Gasteiger partial charge in [-0.3, -0.25) is 0 Å². The number of oxazole rings is 1. The normalized spacial score (nSPS) is 23.1. The zero-order valence-corrected chi connectivity index (χ0v) is 8.44. The maximum atomic E-state index is 8.74. The molecule has 78 valence electrons. The molecule has 0 amide bonds. The first-order chi connectivity index (χ1) is 6.79. The van der Waals surface area contributed by atoms with Gasteiger partial charge in [0.2, 0.25) is 0 Å². The largest absolute Gasteiger partial charge is 0.445 e. The Kier molecular flexibility index (Phi) is 2.84. The number of nitrogens with zero attached hydrogens (tertiary/aromatic N) is 2. The van der Waals surface area contributed by atoms with Crippen LogP contribution in [0.4, 0.5) is 0 Å². The van der Waals surface area contributed by atoms with Crippen molar-refractivity contribution in [3.05, 3.63) is 17.8 Å². The molecule has 1 aromatic heterocycles. The van der Waals surface area contributed by atoms with E-state index in [1.807, 2.05) is 0 Å². The van der Waals surface area contributed by atoms with Crippen molar-refractivity contribution >= 4 is 0 Å². The zero-order chi connectivity index (χ0) is 9.97. The van der Waals surface area contributed by atoms with Crippen LogP contribution in [0.1, 0.15) is 24.0 Å². The Labute approximate surface area is 83.5 Å². The third-order valence-corrected chi connectivity index (χ3v) is 2.67. The van der Waals surface area contributed by atoms with Crippen molar-refractivity contribution < 1.29 is 9.52 Å². The molecule has 1 aliphatic rings. The number of aromatic nitrogens is 1. The minimum atomic E-state index is 0.124. The summed E-state index contributed by atoms with van der Waals surface area (Å²) in [7, 11) is 2.11. The second kappa shape index (κ2) is 4.11. The lowest BCUT2D eigenvalue weighted by Crippen LogP contribution is -2.13. The molecule has 0 radical (unpaired) electrons. The highest BCUT2D eigenvalue weighted by Crippen LogP contribution is 2.25. The maximum absolute atomic E-state index is 8.74. The predicted octanol–water partition coefficient (Wildman–Crippen LogP) is 0.629. The van der Waals surface area contributed by atoms with E-state index in [9.17, 15) is 0 Å². The standard InChI is InChI=1S/C10H16N2O2/c1-12-4-2-8(7-12)10-11-6-9(14-10)3-5-13/h6,8,13H,2-5,7H2,1H3. The van der Waals surface area contributed by atoms with Gasteiger partial charge in [0, 0.05) is 18.9 Å². The van der Waals surface area contributed by atoms with Crippen LogP contribution in [0.25, 0.3) is 0 Å². The van der Waals surface area contributed by atoms with Crippen molar-refractivity contribution in [2.24, 2.45) is 0 Å².